The van der Waals surface area contributed by atoms with Gasteiger partial charge in [-0.25, -0.2) is 15.0 Å². The monoisotopic (exact) mass is 356 g/mol. The molecule has 0 aliphatic heterocycles. The van der Waals surface area contributed by atoms with Crippen LogP contribution in [0.3, 0.4) is 0 Å². The van der Waals surface area contributed by atoms with Crippen LogP contribution in [0.5, 0.6) is 0 Å². The van der Waals surface area contributed by atoms with Crippen LogP contribution < -0.4 is 4.84 Å². The maximum absolute atomic E-state index is 11.9. The largest absolute Gasteiger partial charge is 0.463 e. The summed E-state index contributed by atoms with van der Waals surface area (Å²) in [5.41, 5.74) is 1.77. The molecule has 1 heterocycles. The van der Waals surface area contributed by atoms with E-state index < -0.39 is 12.1 Å². The van der Waals surface area contributed by atoms with Gasteiger partial charge in [-0.1, -0.05) is 30.3 Å². The summed E-state index contributed by atoms with van der Waals surface area (Å²) < 4.78 is 6.35. The summed E-state index contributed by atoms with van der Waals surface area (Å²) >= 11 is 0. The Morgan fingerprint density at radius 2 is 2.00 bits per heavy atom. The average molecular weight is 356 g/mol. The van der Waals surface area contributed by atoms with Gasteiger partial charge in [0.05, 0.1) is 17.0 Å². The van der Waals surface area contributed by atoms with Crippen molar-refractivity contribution in [3.63, 3.8) is 0 Å². The molecule has 0 radical (unpaired) electrons. The Morgan fingerprint density at radius 3 is 2.65 bits per heavy atom. The Kier molecular flexibility index (Phi) is 4.83. The van der Waals surface area contributed by atoms with E-state index in [0.29, 0.717) is 16.9 Å². The lowest BCUT2D eigenvalue weighted by Gasteiger charge is -2.16. The van der Waals surface area contributed by atoms with Crippen molar-refractivity contribution in [3.8, 4) is 11.4 Å². The predicted molar refractivity (Wildman–Crippen MR) is 92.9 cm³/mol. The zero-order valence-corrected chi connectivity index (χ0v) is 14.3. The topological polar surface area (TPSA) is 93.7 Å². The predicted octanol–water partition coefficient (Wildman–Crippen LogP) is 2.88. The number of benzene rings is 2. The van der Waals surface area contributed by atoms with Gasteiger partial charge in [-0.3, -0.25) is 0 Å². The van der Waals surface area contributed by atoms with Crippen molar-refractivity contribution in [2.45, 2.75) is 20.0 Å². The minimum absolute atomic E-state index is 0.0191. The van der Waals surface area contributed by atoms with Crippen LogP contribution >= 0.6 is 0 Å². The van der Waals surface area contributed by atoms with Crippen molar-refractivity contribution in [2.24, 2.45) is 0 Å². The van der Waals surface area contributed by atoms with Gasteiger partial charge in [-0.05, 0) is 19.9 Å². The van der Waals surface area contributed by atoms with E-state index in [4.69, 9.17) is 9.57 Å². The lowest BCUT2D eigenvalue weighted by Crippen LogP contribution is -2.32. The normalized spacial score (nSPS) is 11.9. The zero-order chi connectivity index (χ0) is 18.7. The van der Waals surface area contributed by atoms with E-state index in [1.807, 2.05) is 30.3 Å². The molecule has 2 aromatic carbocycles. The Hall–Kier alpha value is -3.42. The highest BCUT2D eigenvalue weighted by molar-refractivity contribution is 5.82. The molecule has 8 heteroatoms. The minimum Gasteiger partial charge on any atom is -0.463 e. The summed E-state index contributed by atoms with van der Waals surface area (Å²) in [4.78, 5) is 33.2. The number of aromatic nitrogens is 2. The third-order valence-electron chi connectivity index (χ3n) is 3.73. The molecule has 8 nitrogen and oxygen atoms in total. The molecular weight excluding hydrogens is 338 g/mol. The number of imidazole rings is 1. The number of esters is 1. The number of carbonyl (C=O) groups is 1. The van der Waals surface area contributed by atoms with Gasteiger partial charge in [0.1, 0.15) is 5.52 Å². The second kappa shape index (κ2) is 7.22. The van der Waals surface area contributed by atoms with Gasteiger partial charge in [-0.2, -0.15) is 4.73 Å². The number of fused-ring (bicyclic) bond motifs is 1. The van der Waals surface area contributed by atoms with E-state index in [0.717, 1.165) is 5.56 Å². The smallest absolute Gasteiger partial charge is 0.349 e. The Morgan fingerprint density at radius 1 is 1.27 bits per heavy atom. The third-order valence-corrected chi connectivity index (χ3v) is 3.73. The molecule has 3 rings (SSSR count). The Balaban J connectivity index is 2.13. The highest BCUT2D eigenvalue weighted by Crippen LogP contribution is 2.27. The molecule has 0 saturated carbocycles. The van der Waals surface area contributed by atoms with Crippen LogP contribution in [-0.4, -0.2) is 38.5 Å². The van der Waals surface area contributed by atoms with Crippen LogP contribution in [0.25, 0.3) is 22.4 Å². The standard InChI is InChI=1S/C18H18N3O5/c1-3-25-18(22)12(2)26-20-16-11-14(21(23)24)9-10-15(16)19-17(20)13-7-5-4-6-8-13/h4-12H,3H2,1-2H3,(H,23,24)/q+1. The van der Waals surface area contributed by atoms with Crippen LogP contribution in [0.15, 0.2) is 48.5 Å². The van der Waals surface area contributed by atoms with Gasteiger partial charge in [0.15, 0.2) is 5.82 Å². The molecule has 0 aliphatic carbocycles. The molecule has 3 aromatic rings. The van der Waals surface area contributed by atoms with Crippen LogP contribution in [0.4, 0.5) is 5.69 Å². The molecule has 0 aliphatic rings. The highest BCUT2D eigenvalue weighted by atomic mass is 16.7. The molecule has 0 saturated heterocycles. The number of hydrogen-bond acceptors (Lipinski definition) is 5. The average Bonchev–Trinajstić information content (AvgIpc) is 3.00. The first kappa shape index (κ1) is 17.4. The zero-order valence-electron chi connectivity index (χ0n) is 14.3. The molecule has 0 fully saturated rings. The number of ether oxygens (including phenoxy) is 1. The van der Waals surface area contributed by atoms with Gasteiger partial charge < -0.3 is 9.57 Å². The van der Waals surface area contributed by atoms with E-state index in [1.165, 1.54) is 16.9 Å². The fraction of sp³-hybridized carbons (Fsp3) is 0.222. The van der Waals surface area contributed by atoms with Crippen LogP contribution in [-0.2, 0) is 9.53 Å². The molecule has 0 bridgehead atoms. The van der Waals surface area contributed by atoms with Gasteiger partial charge >= 0.3 is 11.7 Å². The first-order valence-corrected chi connectivity index (χ1v) is 8.09. The maximum Gasteiger partial charge on any atom is 0.349 e. The summed E-state index contributed by atoms with van der Waals surface area (Å²) in [7, 11) is 0. The van der Waals surface area contributed by atoms with E-state index in [2.05, 4.69) is 4.98 Å². The summed E-state index contributed by atoms with van der Waals surface area (Å²) in [6.45, 7) is 3.51. The molecule has 1 aromatic heterocycles. The maximum atomic E-state index is 11.9. The molecule has 134 valence electrons. The first-order chi connectivity index (χ1) is 12.5. The SMILES string of the molecule is CCOC(=O)C(C)On1c(-c2ccccc2)nc2ccc([N+](=O)O)cc21. The van der Waals surface area contributed by atoms with Crippen molar-refractivity contribution >= 4 is 22.7 Å². The second-order valence-electron chi connectivity index (χ2n) is 5.54. The molecule has 1 atom stereocenters. The molecule has 1 unspecified atom stereocenters. The highest BCUT2D eigenvalue weighted by Gasteiger charge is 2.23. The first-order valence-electron chi connectivity index (χ1n) is 8.09. The van der Waals surface area contributed by atoms with E-state index in [1.54, 1.807) is 19.9 Å². The molecule has 1 N–H and O–H groups in total. The third kappa shape index (κ3) is 3.34. The van der Waals surface area contributed by atoms with E-state index in [-0.39, 0.29) is 17.2 Å². The van der Waals surface area contributed by atoms with Gasteiger partial charge in [0, 0.05) is 17.7 Å². The summed E-state index contributed by atoms with van der Waals surface area (Å²) in [6.07, 6.45) is -0.893. The quantitative estimate of drug-likeness (QED) is 0.539. The Labute approximate surface area is 149 Å². The van der Waals surface area contributed by atoms with Crippen LogP contribution in [0, 0.1) is 4.91 Å². The Bertz CT molecular complexity index is 952. The summed E-state index contributed by atoms with van der Waals surface area (Å²) in [6, 6.07) is 13.7. The molecule has 0 spiro atoms. The number of carbonyl (C=O) groups excluding carboxylic acids is 1. The minimum atomic E-state index is -0.893. The lowest BCUT2D eigenvalue weighted by atomic mass is 10.2. The number of hydrogen-bond donors (Lipinski definition) is 1. The fourth-order valence-electron chi connectivity index (χ4n) is 2.50. The fourth-order valence-corrected chi connectivity index (χ4v) is 2.50. The van der Waals surface area contributed by atoms with Crippen molar-refractivity contribution < 1.29 is 24.5 Å². The van der Waals surface area contributed by atoms with Crippen LogP contribution in [0.1, 0.15) is 13.8 Å². The summed E-state index contributed by atoms with van der Waals surface area (Å²) in [5.74, 6) is -0.0542. The van der Waals surface area contributed by atoms with Crippen LogP contribution in [0.2, 0.25) is 0 Å². The van der Waals surface area contributed by atoms with E-state index >= 15 is 0 Å². The van der Waals surface area contributed by atoms with Gasteiger partial charge in [0.2, 0.25) is 6.10 Å². The molecule has 0 amide bonds. The van der Waals surface area contributed by atoms with Crippen molar-refractivity contribution in [2.75, 3.05) is 6.61 Å². The lowest BCUT2D eigenvalue weighted by molar-refractivity contribution is -0.729. The second-order valence-corrected chi connectivity index (χ2v) is 5.54. The molecular formula is C18H18N3O5+. The van der Waals surface area contributed by atoms with E-state index in [9.17, 15) is 14.9 Å². The number of rotatable bonds is 6. The van der Waals surface area contributed by atoms with Crippen molar-refractivity contribution in [1.82, 2.24) is 9.71 Å². The molecule has 26 heavy (non-hydrogen) atoms. The summed E-state index contributed by atoms with van der Waals surface area (Å²) in [5, 5.41) is 9.17. The van der Waals surface area contributed by atoms with Crippen molar-refractivity contribution in [1.29, 1.82) is 0 Å². The van der Waals surface area contributed by atoms with Gasteiger partial charge in [0.25, 0.3) is 4.92 Å². The van der Waals surface area contributed by atoms with Gasteiger partial charge in [-0.15, -0.1) is 0 Å². The van der Waals surface area contributed by atoms with Crippen molar-refractivity contribution in [3.05, 3.63) is 53.4 Å². The number of nitrogens with zero attached hydrogens (tertiary/aromatic N) is 3.